The third-order valence-electron chi connectivity index (χ3n) is 2.29. The van der Waals surface area contributed by atoms with Crippen LogP contribution >= 0.6 is 0 Å². The first-order valence-corrected chi connectivity index (χ1v) is 3.96. The van der Waals surface area contributed by atoms with Gasteiger partial charge in [0.25, 0.3) is 0 Å². The number of carbonyl (C=O) groups excluding carboxylic acids is 1. The Kier molecular flexibility index (Phi) is 1.36. The zero-order chi connectivity index (χ0) is 8.77. The second-order valence-electron chi connectivity index (χ2n) is 3.44. The first kappa shape index (κ1) is 7.50. The average Bonchev–Trinajstić information content (AvgIpc) is 2.24. The molecule has 0 heterocycles. The smallest absolute Gasteiger partial charge is 0.194 e. The standard InChI is InChI=1S/C10H10O2/c1-10(12)6-7-4-2-3-5-8(7)9(10)11/h2-5,12H,6H2,1H3. The lowest BCUT2D eigenvalue weighted by Gasteiger charge is -2.11. The maximum atomic E-state index is 11.5. The van der Waals surface area contributed by atoms with Crippen molar-refractivity contribution in [2.45, 2.75) is 18.9 Å². The summed E-state index contributed by atoms with van der Waals surface area (Å²) in [6.45, 7) is 1.56. The minimum Gasteiger partial charge on any atom is -0.382 e. The molecular weight excluding hydrogens is 152 g/mol. The van der Waals surface area contributed by atoms with Gasteiger partial charge in [-0.25, -0.2) is 0 Å². The molecule has 0 fully saturated rings. The molecule has 62 valence electrons. The van der Waals surface area contributed by atoms with Crippen LogP contribution in [-0.4, -0.2) is 16.5 Å². The molecule has 2 rings (SSSR count). The number of hydrogen-bond acceptors (Lipinski definition) is 2. The molecule has 0 radical (unpaired) electrons. The molecule has 0 aromatic heterocycles. The Labute approximate surface area is 70.8 Å². The molecule has 0 saturated heterocycles. The van der Waals surface area contributed by atoms with Crippen molar-refractivity contribution in [2.75, 3.05) is 0 Å². The van der Waals surface area contributed by atoms with E-state index < -0.39 is 5.60 Å². The van der Waals surface area contributed by atoms with Gasteiger partial charge in [0.1, 0.15) is 5.60 Å². The normalized spacial score (nSPS) is 27.3. The molecule has 1 aromatic carbocycles. The van der Waals surface area contributed by atoms with E-state index in [1.54, 1.807) is 13.0 Å². The quantitative estimate of drug-likeness (QED) is 0.622. The van der Waals surface area contributed by atoms with Gasteiger partial charge in [-0.1, -0.05) is 24.3 Å². The number of benzene rings is 1. The monoisotopic (exact) mass is 162 g/mol. The highest BCUT2D eigenvalue weighted by molar-refractivity contribution is 6.06. The zero-order valence-corrected chi connectivity index (χ0v) is 6.87. The third-order valence-corrected chi connectivity index (χ3v) is 2.29. The molecule has 1 unspecified atom stereocenters. The maximum Gasteiger partial charge on any atom is 0.194 e. The number of aliphatic hydroxyl groups is 1. The Hall–Kier alpha value is -1.15. The second-order valence-corrected chi connectivity index (χ2v) is 3.44. The van der Waals surface area contributed by atoms with Gasteiger partial charge in [-0.3, -0.25) is 4.79 Å². The number of ketones is 1. The Balaban J connectivity index is 2.57. The van der Waals surface area contributed by atoms with E-state index in [1.165, 1.54) is 0 Å². The summed E-state index contributed by atoms with van der Waals surface area (Å²) in [6.07, 6.45) is 0.446. The summed E-state index contributed by atoms with van der Waals surface area (Å²) in [5.74, 6) is -0.155. The van der Waals surface area contributed by atoms with Crippen LogP contribution in [0.1, 0.15) is 22.8 Å². The highest BCUT2D eigenvalue weighted by atomic mass is 16.3. The molecular formula is C10H10O2. The van der Waals surface area contributed by atoms with Gasteiger partial charge in [0, 0.05) is 12.0 Å². The van der Waals surface area contributed by atoms with Crippen LogP contribution < -0.4 is 0 Å². The number of hydrogen-bond donors (Lipinski definition) is 1. The van der Waals surface area contributed by atoms with E-state index in [0.717, 1.165) is 5.56 Å². The Morgan fingerprint density at radius 2 is 2.08 bits per heavy atom. The van der Waals surface area contributed by atoms with Crippen LogP contribution in [0.4, 0.5) is 0 Å². The van der Waals surface area contributed by atoms with Gasteiger partial charge in [0.2, 0.25) is 0 Å². The van der Waals surface area contributed by atoms with Crippen molar-refractivity contribution in [1.82, 2.24) is 0 Å². The van der Waals surface area contributed by atoms with E-state index in [1.807, 2.05) is 18.2 Å². The van der Waals surface area contributed by atoms with E-state index in [9.17, 15) is 9.90 Å². The van der Waals surface area contributed by atoms with Crippen LogP contribution in [0.3, 0.4) is 0 Å². The summed E-state index contributed by atoms with van der Waals surface area (Å²) >= 11 is 0. The average molecular weight is 162 g/mol. The molecule has 1 atom stereocenters. The largest absolute Gasteiger partial charge is 0.382 e. The van der Waals surface area contributed by atoms with Gasteiger partial charge >= 0.3 is 0 Å². The Bertz CT molecular complexity index is 339. The van der Waals surface area contributed by atoms with E-state index in [-0.39, 0.29) is 5.78 Å². The fourth-order valence-corrected chi connectivity index (χ4v) is 1.64. The third kappa shape index (κ3) is 0.883. The summed E-state index contributed by atoms with van der Waals surface area (Å²) in [5.41, 5.74) is 0.443. The van der Waals surface area contributed by atoms with Crippen LogP contribution in [0.15, 0.2) is 24.3 Å². The lowest BCUT2D eigenvalue weighted by molar-refractivity contribution is 0.0461. The van der Waals surface area contributed by atoms with Crippen molar-refractivity contribution in [1.29, 1.82) is 0 Å². The lowest BCUT2D eigenvalue weighted by Crippen LogP contribution is -2.31. The zero-order valence-electron chi connectivity index (χ0n) is 6.87. The molecule has 0 amide bonds. The predicted octanol–water partition coefficient (Wildman–Crippen LogP) is 1.18. The molecule has 1 aromatic rings. The molecule has 0 aliphatic heterocycles. The first-order chi connectivity index (χ1) is 5.61. The van der Waals surface area contributed by atoms with Crippen LogP contribution in [-0.2, 0) is 6.42 Å². The fraction of sp³-hybridized carbons (Fsp3) is 0.300. The van der Waals surface area contributed by atoms with E-state index >= 15 is 0 Å². The molecule has 0 saturated carbocycles. The van der Waals surface area contributed by atoms with Gasteiger partial charge in [0.05, 0.1) is 0 Å². The first-order valence-electron chi connectivity index (χ1n) is 3.96. The maximum absolute atomic E-state index is 11.5. The van der Waals surface area contributed by atoms with Crippen LogP contribution in [0, 0.1) is 0 Å². The SMILES string of the molecule is CC1(O)Cc2ccccc2C1=O. The van der Waals surface area contributed by atoms with Crippen molar-refractivity contribution in [2.24, 2.45) is 0 Å². The van der Waals surface area contributed by atoms with E-state index in [4.69, 9.17) is 0 Å². The fourth-order valence-electron chi connectivity index (χ4n) is 1.64. The van der Waals surface area contributed by atoms with Crippen molar-refractivity contribution < 1.29 is 9.90 Å². The van der Waals surface area contributed by atoms with Gasteiger partial charge in [-0.05, 0) is 12.5 Å². The van der Waals surface area contributed by atoms with Crippen LogP contribution in [0.2, 0.25) is 0 Å². The number of rotatable bonds is 0. The van der Waals surface area contributed by atoms with Crippen molar-refractivity contribution in [3.63, 3.8) is 0 Å². The molecule has 1 aliphatic carbocycles. The van der Waals surface area contributed by atoms with Gasteiger partial charge in [0.15, 0.2) is 5.78 Å². The summed E-state index contributed by atoms with van der Waals surface area (Å²) < 4.78 is 0. The molecule has 2 heteroatoms. The minimum atomic E-state index is -1.18. The summed E-state index contributed by atoms with van der Waals surface area (Å²) in [5, 5.41) is 9.63. The topological polar surface area (TPSA) is 37.3 Å². The second kappa shape index (κ2) is 2.17. The number of carbonyl (C=O) groups is 1. The van der Waals surface area contributed by atoms with Gasteiger partial charge in [-0.2, -0.15) is 0 Å². The number of fused-ring (bicyclic) bond motifs is 1. The number of Topliss-reactive ketones (excluding diaryl/α,β-unsaturated/α-hetero) is 1. The Morgan fingerprint density at radius 1 is 1.42 bits per heavy atom. The highest BCUT2D eigenvalue weighted by Crippen LogP contribution is 2.28. The molecule has 2 nitrogen and oxygen atoms in total. The van der Waals surface area contributed by atoms with Crippen LogP contribution in [0.5, 0.6) is 0 Å². The molecule has 1 aliphatic rings. The van der Waals surface area contributed by atoms with Crippen molar-refractivity contribution in [3.05, 3.63) is 35.4 Å². The molecule has 0 spiro atoms. The molecule has 1 N–H and O–H groups in total. The summed E-state index contributed by atoms with van der Waals surface area (Å²) in [7, 11) is 0. The minimum absolute atomic E-state index is 0.155. The van der Waals surface area contributed by atoms with Crippen molar-refractivity contribution >= 4 is 5.78 Å². The Morgan fingerprint density at radius 3 is 2.75 bits per heavy atom. The summed E-state index contributed by atoms with van der Waals surface area (Å²) in [4.78, 5) is 11.5. The lowest BCUT2D eigenvalue weighted by atomic mass is 10.0. The molecule has 12 heavy (non-hydrogen) atoms. The van der Waals surface area contributed by atoms with Crippen LogP contribution in [0.25, 0.3) is 0 Å². The van der Waals surface area contributed by atoms with E-state index in [2.05, 4.69) is 0 Å². The predicted molar refractivity (Wildman–Crippen MR) is 45.1 cm³/mol. The van der Waals surface area contributed by atoms with Gasteiger partial charge in [-0.15, -0.1) is 0 Å². The highest BCUT2D eigenvalue weighted by Gasteiger charge is 2.39. The van der Waals surface area contributed by atoms with E-state index in [0.29, 0.717) is 12.0 Å². The van der Waals surface area contributed by atoms with Crippen molar-refractivity contribution in [3.8, 4) is 0 Å². The summed E-state index contributed by atoms with van der Waals surface area (Å²) in [6, 6.07) is 7.35. The molecule has 0 bridgehead atoms. The van der Waals surface area contributed by atoms with Gasteiger partial charge < -0.3 is 5.11 Å².